The zero-order valence-electron chi connectivity index (χ0n) is 22.6. The van der Waals surface area contributed by atoms with Gasteiger partial charge in [-0.3, -0.25) is 20.4 Å². The molecule has 0 aliphatic carbocycles. The summed E-state index contributed by atoms with van der Waals surface area (Å²) in [6.07, 6.45) is 1.53. The van der Waals surface area contributed by atoms with Crippen molar-refractivity contribution in [1.82, 2.24) is 9.88 Å². The Morgan fingerprint density at radius 1 is 1.18 bits per heavy atom. The number of allylic oxidation sites excluding steroid dienone is 1. The van der Waals surface area contributed by atoms with Crippen LogP contribution in [0, 0.1) is 29.6 Å². The van der Waals surface area contributed by atoms with E-state index in [0.717, 1.165) is 11.1 Å². The summed E-state index contributed by atoms with van der Waals surface area (Å²) in [7, 11) is 3.08. The quantitative estimate of drug-likeness (QED) is 0.323. The predicted molar refractivity (Wildman–Crippen MR) is 158 cm³/mol. The van der Waals surface area contributed by atoms with Crippen LogP contribution in [-0.2, 0) is 7.05 Å². The largest absolute Gasteiger partial charge is 0.495 e. The normalized spacial score (nSPS) is 16.5. The average Bonchev–Trinajstić information content (AvgIpc) is 2.90. The Bertz CT molecular complexity index is 1630. The molecule has 206 valence electrons. The maximum absolute atomic E-state index is 13.6. The third-order valence-corrected chi connectivity index (χ3v) is 7.15. The van der Waals surface area contributed by atoms with Gasteiger partial charge in [0.25, 0.3) is 5.56 Å². The van der Waals surface area contributed by atoms with Gasteiger partial charge >= 0.3 is 6.03 Å². The van der Waals surface area contributed by atoms with Crippen LogP contribution >= 0.6 is 23.2 Å². The number of carbonyl (C=O) groups excluding carboxylic acids is 1. The Hall–Kier alpha value is -4.26. The highest BCUT2D eigenvalue weighted by molar-refractivity contribution is 6.31. The van der Waals surface area contributed by atoms with E-state index in [9.17, 15) is 14.9 Å². The minimum atomic E-state index is -0.804. The molecule has 2 amide bonds. The molecule has 0 radical (unpaired) electrons. The van der Waals surface area contributed by atoms with Crippen molar-refractivity contribution in [2.45, 2.75) is 26.8 Å². The molecule has 3 N–H and O–H groups in total. The number of nitrogens with one attached hydrogen (secondary N) is 3. The summed E-state index contributed by atoms with van der Waals surface area (Å²) in [6.45, 7) is 5.79. The first-order chi connectivity index (χ1) is 19.0. The number of nitrogens with zero attached hydrogens (tertiary/aromatic N) is 3. The predicted octanol–water partition coefficient (Wildman–Crippen LogP) is 6.15. The van der Waals surface area contributed by atoms with E-state index >= 15 is 0 Å². The third kappa shape index (κ3) is 5.41. The smallest absolute Gasteiger partial charge is 0.328 e. The molecule has 40 heavy (non-hydrogen) atoms. The molecule has 1 unspecified atom stereocenters. The molecule has 2 heterocycles. The van der Waals surface area contributed by atoms with E-state index in [4.69, 9.17) is 33.3 Å². The Kier molecular flexibility index (Phi) is 8.24. The monoisotopic (exact) mass is 578 g/mol. The molecular weight excluding hydrogens is 551 g/mol. The number of anilines is 2. The number of amides is 2. The second kappa shape index (κ2) is 11.5. The number of ether oxygens (including phenoxy) is 1. The zero-order chi connectivity index (χ0) is 29.3. The number of halogens is 2. The summed E-state index contributed by atoms with van der Waals surface area (Å²) >= 11 is 12.6. The summed E-state index contributed by atoms with van der Waals surface area (Å²) < 4.78 is 6.84. The van der Waals surface area contributed by atoms with Crippen LogP contribution in [0.1, 0.15) is 36.6 Å². The van der Waals surface area contributed by atoms with Gasteiger partial charge in [0.1, 0.15) is 16.6 Å². The standard InChI is InChI=1S/C29H28Cl2N6O3/c1-15(2)25(34-22-11-17(13-32)6-9-23(22)40-5)24-26(20-8-7-18(30)10-16(20)3)37(29(39)35-27(24)33)19-12-21(31)28(38)36(4)14-19/h6-12,14-15,26,34H,1-5H3,(H2,33,35,39)/b25-24-. The Balaban J connectivity index is 2.05. The van der Waals surface area contributed by atoms with Gasteiger partial charge in [-0.15, -0.1) is 0 Å². The summed E-state index contributed by atoms with van der Waals surface area (Å²) in [4.78, 5) is 27.4. The molecule has 1 fully saturated rings. The van der Waals surface area contributed by atoms with Gasteiger partial charge in [0, 0.05) is 29.5 Å². The van der Waals surface area contributed by atoms with Crippen molar-refractivity contribution in [2.75, 3.05) is 17.3 Å². The van der Waals surface area contributed by atoms with Crippen molar-refractivity contribution in [1.29, 1.82) is 10.7 Å². The summed E-state index contributed by atoms with van der Waals surface area (Å²) in [5, 5.41) is 25.0. The van der Waals surface area contributed by atoms with Gasteiger partial charge in [0.15, 0.2) is 0 Å². The van der Waals surface area contributed by atoms with Crippen molar-refractivity contribution in [3.63, 3.8) is 0 Å². The van der Waals surface area contributed by atoms with Gasteiger partial charge in [-0.1, -0.05) is 43.1 Å². The lowest BCUT2D eigenvalue weighted by atomic mass is 9.87. The molecule has 4 rings (SSSR count). The summed E-state index contributed by atoms with van der Waals surface area (Å²) in [6, 6.07) is 12.6. The summed E-state index contributed by atoms with van der Waals surface area (Å²) in [5.74, 6) is 0.245. The second-order valence-corrected chi connectivity index (χ2v) is 10.5. The molecule has 0 bridgehead atoms. The Labute approximate surface area is 242 Å². The molecule has 2 aromatic carbocycles. The fourth-order valence-corrected chi connectivity index (χ4v) is 5.21. The van der Waals surface area contributed by atoms with E-state index in [-0.39, 0.29) is 16.8 Å². The number of hydrogen-bond donors (Lipinski definition) is 3. The molecule has 3 aromatic rings. The lowest BCUT2D eigenvalue weighted by Crippen LogP contribution is -2.53. The second-order valence-electron chi connectivity index (χ2n) is 9.67. The lowest BCUT2D eigenvalue weighted by molar-refractivity contribution is 0.247. The highest BCUT2D eigenvalue weighted by Gasteiger charge is 2.40. The number of nitriles is 1. The van der Waals surface area contributed by atoms with Crippen LogP contribution in [0.2, 0.25) is 10.0 Å². The fraction of sp³-hybridized carbons (Fsp3) is 0.241. The number of carbonyl (C=O) groups is 1. The fourth-order valence-electron chi connectivity index (χ4n) is 4.74. The number of benzene rings is 2. The van der Waals surface area contributed by atoms with Gasteiger partial charge in [0.2, 0.25) is 0 Å². The Morgan fingerprint density at radius 2 is 1.90 bits per heavy atom. The molecule has 9 nitrogen and oxygen atoms in total. The lowest BCUT2D eigenvalue weighted by Gasteiger charge is -2.40. The van der Waals surface area contributed by atoms with Crippen molar-refractivity contribution < 1.29 is 9.53 Å². The number of aryl methyl sites for hydroxylation is 2. The molecule has 1 aliphatic heterocycles. The maximum Gasteiger partial charge on any atom is 0.328 e. The van der Waals surface area contributed by atoms with Crippen molar-refractivity contribution in [3.8, 4) is 11.8 Å². The van der Waals surface area contributed by atoms with Gasteiger partial charge in [-0.05, 0) is 60.4 Å². The minimum absolute atomic E-state index is 0.0502. The first-order valence-corrected chi connectivity index (χ1v) is 13.1. The molecule has 0 spiro atoms. The zero-order valence-corrected chi connectivity index (χ0v) is 24.1. The van der Waals surface area contributed by atoms with E-state index in [1.54, 1.807) is 37.4 Å². The number of rotatable bonds is 6. The molecule has 1 atom stereocenters. The number of aromatic nitrogens is 1. The highest BCUT2D eigenvalue weighted by Crippen LogP contribution is 2.41. The first-order valence-electron chi connectivity index (χ1n) is 12.4. The Morgan fingerprint density at radius 3 is 2.50 bits per heavy atom. The molecule has 1 aromatic heterocycles. The SMILES string of the molecule is COc1ccc(C#N)cc1N/C(=C1\C(=N)NC(=O)N(c2cc(Cl)c(=O)n(C)c2)C1c1ccc(Cl)cc1C)C(C)C. The molecule has 0 saturated carbocycles. The number of methoxy groups -OCH3 is 1. The number of urea groups is 1. The van der Waals surface area contributed by atoms with Crippen LogP contribution in [0.15, 0.2) is 64.7 Å². The van der Waals surface area contributed by atoms with E-state index in [1.807, 2.05) is 26.8 Å². The van der Waals surface area contributed by atoms with Crippen LogP contribution in [0.25, 0.3) is 0 Å². The van der Waals surface area contributed by atoms with Crippen molar-refractivity contribution in [2.24, 2.45) is 13.0 Å². The van der Waals surface area contributed by atoms with Crippen LogP contribution in [0.4, 0.5) is 16.2 Å². The number of amidine groups is 1. The average molecular weight is 579 g/mol. The number of hydrogen-bond acceptors (Lipinski definition) is 6. The topological polar surface area (TPSA) is 123 Å². The minimum Gasteiger partial charge on any atom is -0.495 e. The van der Waals surface area contributed by atoms with Gasteiger partial charge in [0.05, 0.1) is 36.2 Å². The first kappa shape index (κ1) is 28.7. The molecule has 1 aliphatic rings. The van der Waals surface area contributed by atoms with E-state index in [0.29, 0.717) is 39.0 Å². The molecular formula is C29H28Cl2N6O3. The van der Waals surface area contributed by atoms with Crippen LogP contribution in [0.3, 0.4) is 0 Å². The van der Waals surface area contributed by atoms with Gasteiger partial charge < -0.3 is 14.6 Å². The number of pyridine rings is 1. The van der Waals surface area contributed by atoms with E-state index < -0.39 is 17.6 Å². The van der Waals surface area contributed by atoms with E-state index in [1.165, 1.54) is 28.8 Å². The molecule has 11 heteroatoms. The summed E-state index contributed by atoms with van der Waals surface area (Å²) in [5.41, 5.74) is 3.54. The van der Waals surface area contributed by atoms with Crippen molar-refractivity contribution in [3.05, 3.63) is 97.0 Å². The maximum atomic E-state index is 13.6. The van der Waals surface area contributed by atoms with E-state index in [2.05, 4.69) is 16.7 Å². The van der Waals surface area contributed by atoms with Gasteiger partial charge in [-0.2, -0.15) is 5.26 Å². The van der Waals surface area contributed by atoms with Crippen molar-refractivity contribution >= 4 is 46.4 Å². The molecule has 1 saturated heterocycles. The van der Waals surface area contributed by atoms with Crippen LogP contribution < -0.4 is 25.8 Å². The van der Waals surface area contributed by atoms with Gasteiger partial charge in [-0.25, -0.2) is 4.79 Å². The highest BCUT2D eigenvalue weighted by atomic mass is 35.5. The van der Waals surface area contributed by atoms with Crippen LogP contribution in [0.5, 0.6) is 5.75 Å². The van der Waals surface area contributed by atoms with Crippen LogP contribution in [-0.4, -0.2) is 23.5 Å². The third-order valence-electron chi connectivity index (χ3n) is 6.65.